The number of nitrogens with zero attached hydrogens (tertiary/aromatic N) is 6. The first-order chi connectivity index (χ1) is 13.3. The van der Waals surface area contributed by atoms with Gasteiger partial charge in [-0.25, -0.2) is 9.50 Å². The van der Waals surface area contributed by atoms with Gasteiger partial charge in [0.2, 0.25) is 0 Å². The van der Waals surface area contributed by atoms with Crippen LogP contribution in [0.1, 0.15) is 53.3 Å². The molecule has 3 heterocycles. The molecule has 0 atom stereocenters. The van der Waals surface area contributed by atoms with Crippen LogP contribution < -0.4 is 0 Å². The Labute approximate surface area is 158 Å². The lowest BCUT2D eigenvalue weighted by Crippen LogP contribution is -2.28. The lowest BCUT2D eigenvalue weighted by atomic mass is 10.2. The SMILES string of the molecule is CCn1nccc1CN(C)C(=O)c1cc2nc(C3CC3)cc(C(F)(F)F)n2n1. The van der Waals surface area contributed by atoms with Crippen molar-refractivity contribution in [3.8, 4) is 0 Å². The molecule has 3 aromatic rings. The monoisotopic (exact) mass is 392 g/mol. The zero-order chi connectivity index (χ0) is 20.1. The summed E-state index contributed by atoms with van der Waals surface area (Å²) >= 11 is 0. The molecule has 4 rings (SSSR count). The van der Waals surface area contributed by atoms with Crippen molar-refractivity contribution in [3.05, 3.63) is 47.2 Å². The van der Waals surface area contributed by atoms with Crippen molar-refractivity contribution in [1.29, 1.82) is 0 Å². The van der Waals surface area contributed by atoms with Gasteiger partial charge in [-0.1, -0.05) is 0 Å². The maximum absolute atomic E-state index is 13.5. The van der Waals surface area contributed by atoms with Gasteiger partial charge in [0.25, 0.3) is 5.91 Å². The van der Waals surface area contributed by atoms with Gasteiger partial charge < -0.3 is 4.90 Å². The van der Waals surface area contributed by atoms with E-state index in [2.05, 4.69) is 15.2 Å². The van der Waals surface area contributed by atoms with Crippen LogP contribution in [0.2, 0.25) is 0 Å². The third-order valence-electron chi connectivity index (χ3n) is 4.80. The highest BCUT2D eigenvalue weighted by Crippen LogP contribution is 2.41. The van der Waals surface area contributed by atoms with Crippen molar-refractivity contribution in [2.24, 2.45) is 0 Å². The van der Waals surface area contributed by atoms with Gasteiger partial charge in [-0.05, 0) is 31.9 Å². The van der Waals surface area contributed by atoms with Crippen molar-refractivity contribution in [2.75, 3.05) is 7.05 Å². The van der Waals surface area contributed by atoms with Gasteiger partial charge in [-0.15, -0.1) is 0 Å². The molecule has 0 aromatic carbocycles. The van der Waals surface area contributed by atoms with Crippen LogP contribution in [-0.2, 0) is 19.3 Å². The van der Waals surface area contributed by atoms with E-state index in [1.54, 1.807) is 24.0 Å². The first-order valence-electron chi connectivity index (χ1n) is 9.02. The number of hydrogen-bond acceptors (Lipinski definition) is 4. The van der Waals surface area contributed by atoms with E-state index in [0.717, 1.165) is 24.6 Å². The average molecular weight is 392 g/mol. The minimum Gasteiger partial charge on any atom is -0.334 e. The molecule has 148 valence electrons. The Kier molecular flexibility index (Phi) is 4.35. The highest BCUT2D eigenvalue weighted by molar-refractivity contribution is 5.93. The summed E-state index contributed by atoms with van der Waals surface area (Å²) in [6.07, 6.45) is -1.29. The molecule has 3 aromatic heterocycles. The molecule has 10 heteroatoms. The molecular weight excluding hydrogens is 373 g/mol. The third kappa shape index (κ3) is 3.34. The topological polar surface area (TPSA) is 68.3 Å². The molecule has 1 fully saturated rings. The number of carbonyl (C=O) groups excluding carboxylic acids is 1. The molecule has 0 unspecified atom stereocenters. The van der Waals surface area contributed by atoms with Crippen molar-refractivity contribution >= 4 is 11.6 Å². The number of carbonyl (C=O) groups is 1. The summed E-state index contributed by atoms with van der Waals surface area (Å²) < 4.78 is 42.9. The van der Waals surface area contributed by atoms with Gasteiger partial charge in [-0.2, -0.15) is 23.4 Å². The highest BCUT2D eigenvalue weighted by Gasteiger charge is 2.37. The molecular formula is C18H19F3N6O. The van der Waals surface area contributed by atoms with E-state index in [1.807, 2.05) is 6.92 Å². The fourth-order valence-corrected chi connectivity index (χ4v) is 3.18. The number of aryl methyl sites for hydroxylation is 1. The quantitative estimate of drug-likeness (QED) is 0.669. The number of rotatable bonds is 5. The van der Waals surface area contributed by atoms with E-state index in [9.17, 15) is 18.0 Å². The van der Waals surface area contributed by atoms with E-state index in [4.69, 9.17) is 0 Å². The summed E-state index contributed by atoms with van der Waals surface area (Å²) in [5.41, 5.74) is 0.277. The van der Waals surface area contributed by atoms with Gasteiger partial charge in [0.05, 0.1) is 12.2 Å². The summed E-state index contributed by atoms with van der Waals surface area (Å²) in [5, 5.41) is 8.06. The molecule has 1 aliphatic carbocycles. The predicted molar refractivity (Wildman–Crippen MR) is 93.7 cm³/mol. The fourth-order valence-electron chi connectivity index (χ4n) is 3.18. The predicted octanol–water partition coefficient (Wildman–Crippen LogP) is 3.11. The van der Waals surface area contributed by atoms with Crippen LogP contribution in [0.15, 0.2) is 24.4 Å². The summed E-state index contributed by atoms with van der Waals surface area (Å²) in [6, 6.07) is 4.15. The molecule has 0 saturated heterocycles. The van der Waals surface area contributed by atoms with Crippen LogP contribution >= 0.6 is 0 Å². The third-order valence-corrected chi connectivity index (χ3v) is 4.80. The van der Waals surface area contributed by atoms with Crippen LogP contribution in [0.25, 0.3) is 5.65 Å². The Morgan fingerprint density at radius 1 is 1.32 bits per heavy atom. The summed E-state index contributed by atoms with van der Waals surface area (Å²) in [5.74, 6) is -0.424. The second-order valence-electron chi connectivity index (χ2n) is 6.94. The lowest BCUT2D eigenvalue weighted by molar-refractivity contribution is -0.142. The van der Waals surface area contributed by atoms with E-state index in [-0.39, 0.29) is 23.8 Å². The van der Waals surface area contributed by atoms with Crippen LogP contribution in [0.5, 0.6) is 0 Å². The minimum atomic E-state index is -4.59. The first kappa shape index (κ1) is 18.5. The van der Waals surface area contributed by atoms with E-state index in [0.29, 0.717) is 16.8 Å². The second kappa shape index (κ2) is 6.61. The van der Waals surface area contributed by atoms with Crippen LogP contribution in [-0.4, -0.2) is 42.2 Å². The molecule has 1 amide bonds. The van der Waals surface area contributed by atoms with Crippen LogP contribution in [0, 0.1) is 0 Å². The highest BCUT2D eigenvalue weighted by atomic mass is 19.4. The summed E-state index contributed by atoms with van der Waals surface area (Å²) in [4.78, 5) is 18.4. The van der Waals surface area contributed by atoms with Crippen LogP contribution in [0.4, 0.5) is 13.2 Å². The lowest BCUT2D eigenvalue weighted by Gasteiger charge is -2.16. The minimum absolute atomic E-state index is 0.0343. The molecule has 7 nitrogen and oxygen atoms in total. The van der Waals surface area contributed by atoms with Gasteiger partial charge in [0, 0.05) is 37.5 Å². The largest absolute Gasteiger partial charge is 0.433 e. The molecule has 1 saturated carbocycles. The van der Waals surface area contributed by atoms with Crippen molar-refractivity contribution < 1.29 is 18.0 Å². The Hall–Kier alpha value is -2.91. The number of amides is 1. The standard InChI is InChI=1S/C18H19F3N6O/c1-3-26-12(6-7-22-26)10-25(2)17(28)14-9-16-23-13(11-4-5-11)8-15(18(19,20)21)27(16)24-14/h6-9,11H,3-5,10H2,1-2H3. The second-order valence-corrected chi connectivity index (χ2v) is 6.94. The van der Waals surface area contributed by atoms with E-state index < -0.39 is 17.8 Å². The number of halogens is 3. The van der Waals surface area contributed by atoms with E-state index in [1.165, 1.54) is 11.0 Å². The molecule has 1 aliphatic rings. The average Bonchev–Trinajstić information content (AvgIpc) is 3.25. The Balaban J connectivity index is 1.67. The fraction of sp³-hybridized carbons (Fsp3) is 0.444. The van der Waals surface area contributed by atoms with E-state index >= 15 is 0 Å². The zero-order valence-corrected chi connectivity index (χ0v) is 15.4. The smallest absolute Gasteiger partial charge is 0.334 e. The molecule has 0 bridgehead atoms. The van der Waals surface area contributed by atoms with Gasteiger partial charge in [0.15, 0.2) is 11.3 Å². The number of fused-ring (bicyclic) bond motifs is 1. The van der Waals surface area contributed by atoms with Crippen molar-refractivity contribution in [1.82, 2.24) is 29.3 Å². The molecule has 0 spiro atoms. The number of alkyl halides is 3. The Bertz CT molecular complexity index is 1030. The first-order valence-corrected chi connectivity index (χ1v) is 9.02. The Morgan fingerprint density at radius 2 is 2.07 bits per heavy atom. The Morgan fingerprint density at radius 3 is 2.71 bits per heavy atom. The van der Waals surface area contributed by atoms with Gasteiger partial charge in [0.1, 0.15) is 5.69 Å². The normalized spacial score (nSPS) is 14.6. The maximum Gasteiger partial charge on any atom is 0.433 e. The van der Waals surface area contributed by atoms with Crippen LogP contribution in [0.3, 0.4) is 0 Å². The zero-order valence-electron chi connectivity index (χ0n) is 15.4. The number of aromatic nitrogens is 5. The number of hydrogen-bond donors (Lipinski definition) is 0. The van der Waals surface area contributed by atoms with Crippen molar-refractivity contribution in [2.45, 2.75) is 44.9 Å². The molecule has 0 radical (unpaired) electrons. The maximum atomic E-state index is 13.5. The molecule has 0 aliphatic heterocycles. The summed E-state index contributed by atoms with van der Waals surface area (Å²) in [7, 11) is 1.58. The van der Waals surface area contributed by atoms with Gasteiger partial charge in [-0.3, -0.25) is 9.48 Å². The van der Waals surface area contributed by atoms with Gasteiger partial charge >= 0.3 is 6.18 Å². The molecule has 0 N–H and O–H groups in total. The van der Waals surface area contributed by atoms with Crippen molar-refractivity contribution in [3.63, 3.8) is 0 Å². The molecule has 28 heavy (non-hydrogen) atoms. The summed E-state index contributed by atoms with van der Waals surface area (Å²) in [6.45, 7) is 2.86.